The third kappa shape index (κ3) is 5.43. The third-order valence-electron chi connectivity index (χ3n) is 4.56. The summed E-state index contributed by atoms with van der Waals surface area (Å²) >= 11 is 0. The zero-order chi connectivity index (χ0) is 21.0. The van der Waals surface area contributed by atoms with Crippen LogP contribution in [0.5, 0.6) is 11.5 Å². The van der Waals surface area contributed by atoms with E-state index in [0.29, 0.717) is 16.8 Å². The Labute approximate surface area is 167 Å². The number of benzene rings is 2. The number of carbonyl (C=O) groups is 2. The lowest BCUT2D eigenvalue weighted by molar-refractivity contribution is -0.117. The number of carbonyl (C=O) groups excluding carboxylic acids is 2. The largest absolute Gasteiger partial charge is 0.493 e. The van der Waals surface area contributed by atoms with E-state index in [0.717, 1.165) is 12.8 Å². The van der Waals surface area contributed by atoms with Crippen LogP contribution >= 0.6 is 0 Å². The van der Waals surface area contributed by atoms with Gasteiger partial charge in [0.15, 0.2) is 11.5 Å². The molecule has 2 aromatic rings. The van der Waals surface area contributed by atoms with Gasteiger partial charge in [0.1, 0.15) is 0 Å². The molecule has 0 spiro atoms. The van der Waals surface area contributed by atoms with Crippen molar-refractivity contribution in [3.05, 3.63) is 53.6 Å². The van der Waals surface area contributed by atoms with E-state index in [-0.39, 0.29) is 35.8 Å². The molecule has 0 heterocycles. The highest BCUT2D eigenvalue weighted by Crippen LogP contribution is 2.31. The predicted molar refractivity (Wildman–Crippen MR) is 103 cm³/mol. The Bertz CT molecular complexity index is 883. The van der Waals surface area contributed by atoms with Gasteiger partial charge in [0.2, 0.25) is 5.91 Å². The number of methoxy groups -OCH3 is 1. The molecule has 154 valence electrons. The molecule has 8 heteroatoms. The van der Waals surface area contributed by atoms with E-state index < -0.39 is 6.61 Å². The molecule has 29 heavy (non-hydrogen) atoms. The second kappa shape index (κ2) is 8.89. The molecule has 2 amide bonds. The molecule has 3 rings (SSSR count). The second-order valence-electron chi connectivity index (χ2n) is 6.87. The van der Waals surface area contributed by atoms with Crippen LogP contribution in [0.25, 0.3) is 0 Å². The highest BCUT2D eigenvalue weighted by atomic mass is 19.3. The van der Waals surface area contributed by atoms with E-state index in [1.54, 1.807) is 43.4 Å². The number of nitrogens with one attached hydrogen (secondary N) is 1. The molecule has 2 aromatic carbocycles. The molecule has 1 fully saturated rings. The smallest absolute Gasteiger partial charge is 0.387 e. The normalized spacial score (nSPS) is 13.1. The Morgan fingerprint density at radius 1 is 1.14 bits per heavy atom. The van der Waals surface area contributed by atoms with E-state index in [1.165, 1.54) is 18.1 Å². The van der Waals surface area contributed by atoms with E-state index in [1.807, 2.05) is 0 Å². The molecule has 0 unspecified atom stereocenters. The van der Waals surface area contributed by atoms with Gasteiger partial charge >= 0.3 is 6.61 Å². The molecule has 0 aliphatic heterocycles. The first-order valence-electron chi connectivity index (χ1n) is 9.15. The Balaban J connectivity index is 1.63. The fourth-order valence-electron chi connectivity index (χ4n) is 2.86. The van der Waals surface area contributed by atoms with E-state index in [2.05, 4.69) is 10.1 Å². The second-order valence-corrected chi connectivity index (χ2v) is 6.87. The summed E-state index contributed by atoms with van der Waals surface area (Å²) in [6, 6.07) is 11.2. The molecule has 1 aliphatic rings. The van der Waals surface area contributed by atoms with Crippen LogP contribution < -0.4 is 14.8 Å². The summed E-state index contributed by atoms with van der Waals surface area (Å²) < 4.78 is 34.3. The summed E-state index contributed by atoms with van der Waals surface area (Å²) in [5.74, 6) is 0.00624. The van der Waals surface area contributed by atoms with Crippen molar-refractivity contribution in [2.24, 2.45) is 5.92 Å². The maximum absolute atomic E-state index is 12.7. The lowest BCUT2D eigenvalue weighted by Crippen LogP contribution is -2.26. The van der Waals surface area contributed by atoms with Gasteiger partial charge in [0.05, 0.1) is 7.11 Å². The minimum atomic E-state index is -2.95. The van der Waals surface area contributed by atoms with Gasteiger partial charge in [0.25, 0.3) is 5.91 Å². The van der Waals surface area contributed by atoms with Crippen molar-refractivity contribution < 1.29 is 27.8 Å². The standard InChI is InChI=1S/C21H22F2N2O4/c1-25(12-13-3-10-17(29-21(22)23)18(11-13)28-2)20(27)15-6-8-16(9-7-15)24-19(26)14-4-5-14/h3,6-11,14,21H,4-5,12H2,1-2H3,(H,24,26). The maximum Gasteiger partial charge on any atom is 0.387 e. The van der Waals surface area contributed by atoms with E-state index in [9.17, 15) is 18.4 Å². The van der Waals surface area contributed by atoms with Crippen LogP contribution in [0.3, 0.4) is 0 Å². The Morgan fingerprint density at radius 2 is 1.83 bits per heavy atom. The van der Waals surface area contributed by atoms with Crippen LogP contribution in [0.1, 0.15) is 28.8 Å². The van der Waals surface area contributed by atoms with Gasteiger partial charge in [-0.05, 0) is 54.8 Å². The number of hydrogen-bond donors (Lipinski definition) is 1. The first kappa shape index (κ1) is 20.6. The molecule has 1 N–H and O–H groups in total. The average molecular weight is 404 g/mol. The van der Waals surface area contributed by atoms with Gasteiger partial charge in [-0.15, -0.1) is 0 Å². The van der Waals surface area contributed by atoms with Gasteiger partial charge in [-0.2, -0.15) is 8.78 Å². The molecule has 0 saturated heterocycles. The molecular formula is C21H22F2N2O4. The molecule has 0 aromatic heterocycles. The summed E-state index contributed by atoms with van der Waals surface area (Å²) in [4.78, 5) is 25.9. The highest BCUT2D eigenvalue weighted by Gasteiger charge is 2.29. The lowest BCUT2D eigenvalue weighted by Gasteiger charge is -2.19. The van der Waals surface area contributed by atoms with Gasteiger partial charge in [-0.25, -0.2) is 0 Å². The number of ether oxygens (including phenoxy) is 2. The van der Waals surface area contributed by atoms with Crippen LogP contribution in [0.4, 0.5) is 14.5 Å². The first-order chi connectivity index (χ1) is 13.9. The number of rotatable bonds is 8. The quantitative estimate of drug-likeness (QED) is 0.724. The number of alkyl halides is 2. The summed E-state index contributed by atoms with van der Waals surface area (Å²) in [5.41, 5.74) is 1.83. The van der Waals surface area contributed by atoms with Crippen LogP contribution in [-0.2, 0) is 11.3 Å². The van der Waals surface area contributed by atoms with Crippen LogP contribution in [-0.4, -0.2) is 37.5 Å². The summed E-state index contributed by atoms with van der Waals surface area (Å²) in [6.45, 7) is -2.69. The van der Waals surface area contributed by atoms with Crippen molar-refractivity contribution in [1.29, 1.82) is 0 Å². The van der Waals surface area contributed by atoms with Gasteiger partial charge < -0.3 is 19.7 Å². The minimum absolute atomic E-state index is 0.00871. The van der Waals surface area contributed by atoms with Gasteiger partial charge in [-0.3, -0.25) is 9.59 Å². The fraction of sp³-hybridized carbons (Fsp3) is 0.333. The average Bonchev–Trinajstić information content (AvgIpc) is 3.54. The highest BCUT2D eigenvalue weighted by molar-refractivity contribution is 5.96. The van der Waals surface area contributed by atoms with Gasteiger partial charge in [-0.1, -0.05) is 6.07 Å². The molecular weight excluding hydrogens is 382 g/mol. The fourth-order valence-corrected chi connectivity index (χ4v) is 2.86. The summed E-state index contributed by atoms with van der Waals surface area (Å²) in [5, 5.41) is 2.83. The zero-order valence-electron chi connectivity index (χ0n) is 16.2. The van der Waals surface area contributed by atoms with Crippen molar-refractivity contribution in [2.45, 2.75) is 26.0 Å². The van der Waals surface area contributed by atoms with Crippen molar-refractivity contribution in [1.82, 2.24) is 4.90 Å². The van der Waals surface area contributed by atoms with Crippen molar-refractivity contribution in [3.8, 4) is 11.5 Å². The maximum atomic E-state index is 12.7. The van der Waals surface area contributed by atoms with Crippen molar-refractivity contribution in [2.75, 3.05) is 19.5 Å². The van der Waals surface area contributed by atoms with Crippen LogP contribution in [0, 0.1) is 5.92 Å². The van der Waals surface area contributed by atoms with Crippen LogP contribution in [0.2, 0.25) is 0 Å². The summed E-state index contributed by atoms with van der Waals surface area (Å²) in [6.07, 6.45) is 1.85. The number of amides is 2. The monoisotopic (exact) mass is 404 g/mol. The third-order valence-corrected chi connectivity index (χ3v) is 4.56. The van der Waals surface area contributed by atoms with E-state index >= 15 is 0 Å². The van der Waals surface area contributed by atoms with Crippen molar-refractivity contribution >= 4 is 17.5 Å². The number of nitrogens with zero attached hydrogens (tertiary/aromatic N) is 1. The molecule has 1 aliphatic carbocycles. The number of hydrogen-bond acceptors (Lipinski definition) is 4. The zero-order valence-corrected chi connectivity index (χ0v) is 16.2. The van der Waals surface area contributed by atoms with E-state index in [4.69, 9.17) is 4.74 Å². The number of anilines is 1. The molecule has 0 radical (unpaired) electrons. The Kier molecular flexibility index (Phi) is 6.31. The predicted octanol–water partition coefficient (Wildman–Crippen LogP) is 3.92. The Hall–Kier alpha value is -3.16. The molecule has 0 bridgehead atoms. The SMILES string of the molecule is COc1cc(CN(C)C(=O)c2ccc(NC(=O)C3CC3)cc2)ccc1OC(F)F. The van der Waals surface area contributed by atoms with Crippen molar-refractivity contribution in [3.63, 3.8) is 0 Å². The molecule has 1 saturated carbocycles. The molecule has 0 atom stereocenters. The minimum Gasteiger partial charge on any atom is -0.493 e. The summed E-state index contributed by atoms with van der Waals surface area (Å²) in [7, 11) is 3.00. The first-order valence-corrected chi connectivity index (χ1v) is 9.15. The van der Waals surface area contributed by atoms with Gasteiger partial charge in [0, 0.05) is 30.8 Å². The lowest BCUT2D eigenvalue weighted by atomic mass is 10.1. The number of halogens is 2. The van der Waals surface area contributed by atoms with Crippen LogP contribution in [0.15, 0.2) is 42.5 Å². The topological polar surface area (TPSA) is 67.9 Å². The molecule has 6 nitrogen and oxygen atoms in total. The Morgan fingerprint density at radius 3 is 2.41 bits per heavy atom.